The van der Waals surface area contributed by atoms with Crippen LogP contribution < -0.4 is 5.73 Å². The van der Waals surface area contributed by atoms with E-state index in [0.717, 1.165) is 17.9 Å². The van der Waals surface area contributed by atoms with E-state index in [1.807, 2.05) is 6.07 Å². The van der Waals surface area contributed by atoms with E-state index in [0.29, 0.717) is 6.54 Å². The SMILES string of the molecule is NCc1ccoc1CN1CCCC1. The number of furan rings is 1. The lowest BCUT2D eigenvalue weighted by Gasteiger charge is -2.12. The van der Waals surface area contributed by atoms with Crippen LogP contribution in [0.3, 0.4) is 0 Å². The summed E-state index contributed by atoms with van der Waals surface area (Å²) >= 11 is 0. The second kappa shape index (κ2) is 3.94. The van der Waals surface area contributed by atoms with E-state index < -0.39 is 0 Å². The lowest BCUT2D eigenvalue weighted by molar-refractivity contribution is 0.296. The molecule has 0 amide bonds. The summed E-state index contributed by atoms with van der Waals surface area (Å²) < 4.78 is 5.40. The van der Waals surface area contributed by atoms with E-state index in [4.69, 9.17) is 10.2 Å². The summed E-state index contributed by atoms with van der Waals surface area (Å²) in [5.74, 6) is 1.05. The normalized spacial score (nSPS) is 18.2. The van der Waals surface area contributed by atoms with Gasteiger partial charge in [0, 0.05) is 12.1 Å². The van der Waals surface area contributed by atoms with E-state index in [2.05, 4.69) is 4.90 Å². The first-order valence-corrected chi connectivity index (χ1v) is 4.88. The van der Waals surface area contributed by atoms with Crippen LogP contribution in [0.25, 0.3) is 0 Å². The van der Waals surface area contributed by atoms with Crippen LogP contribution in [-0.4, -0.2) is 18.0 Å². The van der Waals surface area contributed by atoms with Gasteiger partial charge in [-0.3, -0.25) is 4.90 Å². The molecule has 0 spiro atoms. The average Bonchev–Trinajstić information content (AvgIpc) is 2.76. The Morgan fingerprint density at radius 1 is 1.38 bits per heavy atom. The minimum absolute atomic E-state index is 0.583. The summed E-state index contributed by atoms with van der Waals surface area (Å²) in [7, 11) is 0. The van der Waals surface area contributed by atoms with Crippen molar-refractivity contribution in [2.24, 2.45) is 5.73 Å². The van der Waals surface area contributed by atoms with Gasteiger partial charge >= 0.3 is 0 Å². The van der Waals surface area contributed by atoms with Crippen molar-refractivity contribution in [3.8, 4) is 0 Å². The van der Waals surface area contributed by atoms with Gasteiger partial charge in [0.15, 0.2) is 0 Å². The Hall–Kier alpha value is -0.800. The van der Waals surface area contributed by atoms with Crippen molar-refractivity contribution < 1.29 is 4.42 Å². The van der Waals surface area contributed by atoms with Gasteiger partial charge in [0.05, 0.1) is 12.8 Å². The number of nitrogens with two attached hydrogens (primary N) is 1. The van der Waals surface area contributed by atoms with Gasteiger partial charge in [-0.05, 0) is 32.0 Å². The van der Waals surface area contributed by atoms with E-state index in [9.17, 15) is 0 Å². The predicted molar refractivity (Wildman–Crippen MR) is 51.1 cm³/mol. The molecule has 3 nitrogen and oxygen atoms in total. The molecule has 2 heterocycles. The van der Waals surface area contributed by atoms with Gasteiger partial charge < -0.3 is 10.2 Å². The molecule has 1 saturated heterocycles. The Bertz CT molecular complexity index is 264. The highest BCUT2D eigenvalue weighted by Gasteiger charge is 2.14. The molecule has 0 radical (unpaired) electrons. The number of hydrogen-bond donors (Lipinski definition) is 1. The Morgan fingerprint density at radius 3 is 2.85 bits per heavy atom. The Balaban J connectivity index is 1.99. The monoisotopic (exact) mass is 180 g/mol. The molecule has 1 aliphatic rings. The van der Waals surface area contributed by atoms with Gasteiger partial charge in [0.1, 0.15) is 5.76 Å². The van der Waals surface area contributed by atoms with Gasteiger partial charge in [-0.15, -0.1) is 0 Å². The predicted octanol–water partition coefficient (Wildman–Crippen LogP) is 1.33. The molecular weight excluding hydrogens is 164 g/mol. The van der Waals surface area contributed by atoms with E-state index in [-0.39, 0.29) is 0 Å². The minimum Gasteiger partial charge on any atom is -0.468 e. The molecule has 3 heteroatoms. The lowest BCUT2D eigenvalue weighted by Crippen LogP contribution is -2.19. The first-order chi connectivity index (χ1) is 6.40. The third kappa shape index (κ3) is 1.92. The van der Waals surface area contributed by atoms with E-state index in [1.165, 1.54) is 25.9 Å². The van der Waals surface area contributed by atoms with Crippen molar-refractivity contribution in [1.82, 2.24) is 4.90 Å². The summed E-state index contributed by atoms with van der Waals surface area (Å²) in [6.07, 6.45) is 4.37. The molecule has 1 aliphatic heterocycles. The molecule has 1 fully saturated rings. The molecule has 0 aliphatic carbocycles. The zero-order valence-corrected chi connectivity index (χ0v) is 7.83. The second-order valence-corrected chi connectivity index (χ2v) is 3.56. The van der Waals surface area contributed by atoms with Crippen molar-refractivity contribution in [2.75, 3.05) is 13.1 Å². The van der Waals surface area contributed by atoms with E-state index >= 15 is 0 Å². The molecule has 0 unspecified atom stereocenters. The molecule has 2 rings (SSSR count). The molecule has 72 valence electrons. The van der Waals surface area contributed by atoms with Crippen LogP contribution in [0.1, 0.15) is 24.2 Å². The maximum atomic E-state index is 5.59. The van der Waals surface area contributed by atoms with Crippen molar-refractivity contribution in [2.45, 2.75) is 25.9 Å². The number of rotatable bonds is 3. The van der Waals surface area contributed by atoms with Crippen molar-refractivity contribution in [1.29, 1.82) is 0 Å². The summed E-state index contributed by atoms with van der Waals surface area (Å²) in [6, 6.07) is 1.96. The van der Waals surface area contributed by atoms with Crippen LogP contribution in [0.4, 0.5) is 0 Å². The summed E-state index contributed by atoms with van der Waals surface area (Å²) in [5.41, 5.74) is 6.74. The molecule has 1 aromatic heterocycles. The quantitative estimate of drug-likeness (QED) is 0.763. The fraction of sp³-hybridized carbons (Fsp3) is 0.600. The smallest absolute Gasteiger partial charge is 0.122 e. The lowest BCUT2D eigenvalue weighted by atomic mass is 10.2. The maximum Gasteiger partial charge on any atom is 0.122 e. The van der Waals surface area contributed by atoms with Gasteiger partial charge in [0.25, 0.3) is 0 Å². The highest BCUT2D eigenvalue weighted by molar-refractivity contribution is 5.16. The first kappa shape index (κ1) is 8.78. The molecule has 1 aromatic rings. The van der Waals surface area contributed by atoms with Crippen molar-refractivity contribution in [3.05, 3.63) is 23.7 Å². The van der Waals surface area contributed by atoms with Crippen LogP contribution in [0, 0.1) is 0 Å². The van der Waals surface area contributed by atoms with Crippen LogP contribution in [0.5, 0.6) is 0 Å². The largest absolute Gasteiger partial charge is 0.468 e. The second-order valence-electron chi connectivity index (χ2n) is 3.56. The van der Waals surface area contributed by atoms with Gasteiger partial charge in [-0.1, -0.05) is 0 Å². The molecular formula is C10H16N2O. The molecule has 0 atom stereocenters. The van der Waals surface area contributed by atoms with Crippen LogP contribution >= 0.6 is 0 Å². The topological polar surface area (TPSA) is 42.4 Å². The summed E-state index contributed by atoms with van der Waals surface area (Å²) in [4.78, 5) is 2.41. The number of likely N-dealkylation sites (tertiary alicyclic amines) is 1. The molecule has 0 bridgehead atoms. The third-order valence-electron chi connectivity index (χ3n) is 2.62. The molecule has 2 N–H and O–H groups in total. The van der Waals surface area contributed by atoms with Crippen LogP contribution in [0.2, 0.25) is 0 Å². The zero-order valence-electron chi connectivity index (χ0n) is 7.83. The number of hydrogen-bond acceptors (Lipinski definition) is 3. The highest BCUT2D eigenvalue weighted by Crippen LogP contribution is 2.16. The van der Waals surface area contributed by atoms with E-state index in [1.54, 1.807) is 6.26 Å². The Morgan fingerprint density at radius 2 is 2.15 bits per heavy atom. The first-order valence-electron chi connectivity index (χ1n) is 4.88. The highest BCUT2D eigenvalue weighted by atomic mass is 16.3. The molecule has 13 heavy (non-hydrogen) atoms. The van der Waals surface area contributed by atoms with Crippen molar-refractivity contribution in [3.63, 3.8) is 0 Å². The Labute approximate surface area is 78.5 Å². The van der Waals surface area contributed by atoms with Gasteiger partial charge in [-0.25, -0.2) is 0 Å². The van der Waals surface area contributed by atoms with Crippen LogP contribution in [-0.2, 0) is 13.1 Å². The maximum absolute atomic E-state index is 5.59. The fourth-order valence-electron chi connectivity index (χ4n) is 1.83. The third-order valence-corrected chi connectivity index (χ3v) is 2.62. The number of nitrogens with zero attached hydrogens (tertiary/aromatic N) is 1. The fourth-order valence-corrected chi connectivity index (χ4v) is 1.83. The average molecular weight is 180 g/mol. The van der Waals surface area contributed by atoms with Gasteiger partial charge in [0.2, 0.25) is 0 Å². The zero-order chi connectivity index (χ0) is 9.10. The van der Waals surface area contributed by atoms with Crippen LogP contribution in [0.15, 0.2) is 16.7 Å². The standard InChI is InChI=1S/C10H16N2O/c11-7-9-3-6-13-10(9)8-12-4-1-2-5-12/h3,6H,1-2,4-5,7-8,11H2. The minimum atomic E-state index is 0.583. The molecule has 0 aromatic carbocycles. The Kier molecular flexibility index (Phi) is 2.66. The summed E-state index contributed by atoms with van der Waals surface area (Å²) in [6.45, 7) is 3.91. The van der Waals surface area contributed by atoms with Crippen molar-refractivity contribution >= 4 is 0 Å². The molecule has 0 saturated carbocycles. The summed E-state index contributed by atoms with van der Waals surface area (Å²) in [5, 5.41) is 0. The van der Waals surface area contributed by atoms with Gasteiger partial charge in [-0.2, -0.15) is 0 Å².